The van der Waals surface area contributed by atoms with Crippen LogP contribution >= 0.6 is 0 Å². The second-order valence-corrected chi connectivity index (χ2v) is 45.8. The molecule has 12 rings (SSSR count). The fourth-order valence-electron chi connectivity index (χ4n) is 21.4. The molecule has 12 saturated carbocycles. The summed E-state index contributed by atoms with van der Waals surface area (Å²) in [6.45, 7) is 23.8. The molecule has 29 heteroatoms. The Bertz CT molecular complexity index is 2610. The van der Waals surface area contributed by atoms with Crippen molar-refractivity contribution in [2.45, 2.75) is 308 Å². The fraction of sp³-hybridized carbons (Fsp3) is 0.974. The van der Waals surface area contributed by atoms with Gasteiger partial charge in [-0.1, -0.05) is 44.6 Å². The van der Waals surface area contributed by atoms with Crippen LogP contribution in [-0.4, -0.2) is 147 Å². The maximum absolute atomic E-state index is 13.9. The molecular formula is C78H146F12O14Si3. The van der Waals surface area contributed by atoms with Crippen molar-refractivity contribution in [1.82, 2.24) is 0 Å². The Morgan fingerprint density at radius 3 is 0.935 bits per heavy atom. The van der Waals surface area contributed by atoms with E-state index in [4.69, 9.17) is 45.5 Å². The first-order valence-corrected chi connectivity index (χ1v) is 45.4. The molecule has 12 bridgehead atoms. The topological polar surface area (TPSA) is 145 Å². The number of alkyl halides is 12. The summed E-state index contributed by atoms with van der Waals surface area (Å²) in [5.41, 5.74) is -9.20. The Kier molecular flexibility index (Phi) is 37.7. The van der Waals surface area contributed by atoms with Crippen LogP contribution in [0.3, 0.4) is 0 Å². The van der Waals surface area contributed by atoms with Crippen molar-refractivity contribution in [3.63, 3.8) is 0 Å². The molecule has 12 fully saturated rings. The van der Waals surface area contributed by atoms with Crippen molar-refractivity contribution in [3.8, 4) is 0 Å². The molecule has 0 spiro atoms. The Morgan fingerprint density at radius 1 is 0.374 bits per heavy atom. The number of hydrogen-bond donors (Lipinski definition) is 0. The lowest BCUT2D eigenvalue weighted by atomic mass is 9.65. The molecular weight excluding hydrogens is 1470 g/mol. The Morgan fingerprint density at radius 2 is 0.664 bits per heavy atom. The lowest BCUT2D eigenvalue weighted by molar-refractivity contribution is -0.374. The van der Waals surface area contributed by atoms with Crippen LogP contribution in [0.2, 0.25) is 39.3 Å². The zero-order valence-electron chi connectivity index (χ0n) is 63.6. The SMILES string of the molecule is C.C.C.C.C.C.CC(C)(C)OC(=O)OC(C)(CC1CC2CC1C1C3CCC(C3)C21)C(F)(F)F.CC(C)(C)OC(=O)OC(CC1CC2CC1C1C3CCC(C3)C21)(C(F)(F)F)C(F)(F)F.CCOCOC(CC1CC2CC1C1C3CCC(C3)C21)C(F)(F)F.CO[Si](C)(C)OC.CO[Si](C)(C)OC.CO[Si](C)(C)OC. The summed E-state index contributed by atoms with van der Waals surface area (Å²) in [6.07, 6.45) is -10.3. The minimum Gasteiger partial charge on any atom is -0.429 e. The van der Waals surface area contributed by atoms with Gasteiger partial charge in [-0.2, -0.15) is 52.7 Å². The Balaban J connectivity index is 0.000000692. The van der Waals surface area contributed by atoms with E-state index < -0.39 is 104 Å². The van der Waals surface area contributed by atoms with Gasteiger partial charge in [0, 0.05) is 55.7 Å². The molecule has 107 heavy (non-hydrogen) atoms. The number of hydrogen-bond acceptors (Lipinski definition) is 14. The van der Waals surface area contributed by atoms with E-state index in [9.17, 15) is 62.3 Å². The lowest BCUT2D eigenvalue weighted by Gasteiger charge is -2.43. The van der Waals surface area contributed by atoms with E-state index >= 15 is 0 Å². The number of carbonyl (C=O) groups is 2. The quantitative estimate of drug-likeness (QED) is 0.0320. The molecule has 14 nitrogen and oxygen atoms in total. The minimum atomic E-state index is -5.79. The van der Waals surface area contributed by atoms with Gasteiger partial charge in [-0.3, -0.25) is 0 Å². The molecule has 0 aliphatic heterocycles. The van der Waals surface area contributed by atoms with Crippen LogP contribution in [-0.2, 0) is 55.0 Å². The fourth-order valence-corrected chi connectivity index (χ4v) is 21.9. The number of carbonyl (C=O) groups excluding carboxylic acids is 2. The third-order valence-corrected chi connectivity index (χ3v) is 32.0. The van der Waals surface area contributed by atoms with Gasteiger partial charge in [0.2, 0.25) is 5.60 Å². The van der Waals surface area contributed by atoms with Crippen LogP contribution in [0.25, 0.3) is 0 Å². The average Bonchev–Trinajstić information content (AvgIpc) is 1.57. The highest BCUT2D eigenvalue weighted by molar-refractivity contribution is 6.65. The molecule has 23 unspecified atom stereocenters. The van der Waals surface area contributed by atoms with E-state index in [0.717, 1.165) is 86.9 Å². The molecule has 0 saturated heterocycles. The Labute approximate surface area is 640 Å². The largest absolute Gasteiger partial charge is 0.510 e. The van der Waals surface area contributed by atoms with Gasteiger partial charge in [0.05, 0.1) is 0 Å². The summed E-state index contributed by atoms with van der Waals surface area (Å²) in [4.78, 5) is 23.9. The first-order chi connectivity index (χ1) is 46.4. The van der Waals surface area contributed by atoms with Crippen molar-refractivity contribution in [2.24, 2.45) is 124 Å². The maximum atomic E-state index is 13.9. The van der Waals surface area contributed by atoms with E-state index in [2.05, 4.69) is 9.47 Å². The summed E-state index contributed by atoms with van der Waals surface area (Å²) < 4.78 is 224. The molecule has 638 valence electrons. The summed E-state index contributed by atoms with van der Waals surface area (Å²) in [6, 6.07) is 0. The number of ether oxygens (including phenoxy) is 6. The van der Waals surface area contributed by atoms with Crippen molar-refractivity contribution < 1.29 is 117 Å². The maximum Gasteiger partial charge on any atom is 0.510 e. The van der Waals surface area contributed by atoms with Crippen LogP contribution in [0.4, 0.5) is 62.3 Å². The normalized spacial score (nSPS) is 33.5. The van der Waals surface area contributed by atoms with E-state index in [0.29, 0.717) is 66.8 Å². The average molecular weight is 1620 g/mol. The van der Waals surface area contributed by atoms with Crippen molar-refractivity contribution in [3.05, 3.63) is 0 Å². The van der Waals surface area contributed by atoms with Crippen molar-refractivity contribution in [1.29, 1.82) is 0 Å². The highest BCUT2D eigenvalue weighted by Crippen LogP contribution is 2.73. The number of fused-ring (bicyclic) bond motifs is 27. The molecule has 12 aliphatic carbocycles. The number of rotatable bonds is 18. The third-order valence-electron chi connectivity index (χ3n) is 26.1. The molecule has 0 radical (unpaired) electrons. The molecule has 23 atom stereocenters. The molecule has 12 aliphatic rings. The molecule has 0 N–H and O–H groups in total. The van der Waals surface area contributed by atoms with Gasteiger partial charge in [-0.15, -0.1) is 0 Å². The van der Waals surface area contributed by atoms with E-state index in [1.54, 1.807) is 70.4 Å². The third kappa shape index (κ3) is 24.3. The van der Waals surface area contributed by atoms with Crippen LogP contribution in [0.5, 0.6) is 0 Å². The highest BCUT2D eigenvalue weighted by atomic mass is 28.4. The van der Waals surface area contributed by atoms with Gasteiger partial charge in [0.15, 0.2) is 6.10 Å². The molecule has 0 aromatic carbocycles. The summed E-state index contributed by atoms with van der Waals surface area (Å²) in [7, 11) is 5.10. The predicted octanol–water partition coefficient (Wildman–Crippen LogP) is 23.9. The van der Waals surface area contributed by atoms with Crippen LogP contribution in [0, 0.1) is 124 Å². The van der Waals surface area contributed by atoms with Gasteiger partial charge >= 0.3 is 68.3 Å². The minimum absolute atomic E-state index is 0. The molecule has 0 heterocycles. The van der Waals surface area contributed by atoms with Gasteiger partial charge in [-0.25, -0.2) is 9.59 Å². The van der Waals surface area contributed by atoms with Crippen LogP contribution in [0.1, 0.15) is 216 Å². The Hall–Kier alpha value is -1.97. The predicted molar refractivity (Wildman–Crippen MR) is 403 cm³/mol. The van der Waals surface area contributed by atoms with Gasteiger partial charge < -0.3 is 55.0 Å². The van der Waals surface area contributed by atoms with Crippen LogP contribution in [0.15, 0.2) is 0 Å². The van der Waals surface area contributed by atoms with Crippen molar-refractivity contribution >= 4 is 38.0 Å². The van der Waals surface area contributed by atoms with E-state index in [1.165, 1.54) is 65.7 Å². The molecule has 0 aromatic heterocycles. The first-order valence-electron chi connectivity index (χ1n) is 37.0. The van der Waals surface area contributed by atoms with Gasteiger partial charge in [0.1, 0.15) is 18.0 Å². The van der Waals surface area contributed by atoms with Crippen LogP contribution < -0.4 is 0 Å². The van der Waals surface area contributed by atoms with Gasteiger partial charge in [0.25, 0.3) is 0 Å². The molecule has 0 aromatic rings. The van der Waals surface area contributed by atoms with Gasteiger partial charge in [-0.05, 0) is 328 Å². The monoisotopic (exact) mass is 1620 g/mol. The zero-order valence-corrected chi connectivity index (χ0v) is 66.6. The number of halogens is 12. The van der Waals surface area contributed by atoms with Crippen molar-refractivity contribution in [2.75, 3.05) is 56.1 Å². The first kappa shape index (κ1) is 103. The highest BCUT2D eigenvalue weighted by Gasteiger charge is 2.77. The summed E-state index contributed by atoms with van der Waals surface area (Å²) >= 11 is 0. The second kappa shape index (κ2) is 39.1. The smallest absolute Gasteiger partial charge is 0.429 e. The standard InChI is InChI=1S/C21H28F6O3.C21H31F3O3.C18H27F3O2.3C4H12O2Si.6CH4/c1-18(2,3)29-17(28)30-19(20(22,23)24,21(25,26)27)9-13-7-12-8-14(13)16-11-5-4-10(6-11)15(12)16;1-19(2,3)26-18(25)27-20(4,21(22,23)24)10-14-8-13-9-15(14)17-12-6-5-11(7-12)16(13)17;1-2-22-9-23-15(18(19,20)21)8-12-6-13-7-14(12)17-11-4-3-10(5-11)16(13)17;3*1-5-7(3,4)6-2;;;;;;/h10-16H,4-9H2,1-3H3;11-17H,5-10H2,1-4H3;10-17H,2-9H2,1H3;3*1-4H3;6*1H4. The summed E-state index contributed by atoms with van der Waals surface area (Å²) in [5.74, 6) is 9.58. The second-order valence-electron chi connectivity index (χ2n) is 35.0. The summed E-state index contributed by atoms with van der Waals surface area (Å²) in [5, 5.41) is 0. The van der Waals surface area contributed by atoms with E-state index in [1.807, 2.05) is 39.3 Å². The molecule has 0 amide bonds. The lowest BCUT2D eigenvalue weighted by Crippen LogP contribution is -2.61. The zero-order chi connectivity index (χ0) is 76.0. The van der Waals surface area contributed by atoms with E-state index in [-0.39, 0.29) is 93.8 Å².